The molecule has 0 fully saturated rings. The number of unbranched alkanes of at least 4 members (excludes halogenated alkanes) is 4. The van der Waals surface area contributed by atoms with Gasteiger partial charge in [0.25, 0.3) is 0 Å². The van der Waals surface area contributed by atoms with Crippen molar-refractivity contribution in [3.63, 3.8) is 0 Å². The molecule has 0 aromatic heterocycles. The van der Waals surface area contributed by atoms with Gasteiger partial charge >= 0.3 is 0 Å². The van der Waals surface area contributed by atoms with Gasteiger partial charge in [-0.05, 0) is 12.5 Å². The van der Waals surface area contributed by atoms with E-state index in [0.717, 1.165) is 6.42 Å². The summed E-state index contributed by atoms with van der Waals surface area (Å²) in [5.74, 6) is 0.222. The number of carbonyl (C=O) groups excluding carboxylic acids is 1. The first-order valence-electron chi connectivity index (χ1n) is 5.80. The molecule has 0 aromatic carbocycles. The van der Waals surface area contributed by atoms with Gasteiger partial charge in [-0.25, -0.2) is 0 Å². The maximum atomic E-state index is 11.3. The van der Waals surface area contributed by atoms with Gasteiger partial charge in [-0.3, -0.25) is 4.79 Å². The van der Waals surface area contributed by atoms with Crippen molar-refractivity contribution in [2.75, 3.05) is 0 Å². The second-order valence-corrected chi connectivity index (χ2v) is 3.61. The normalized spacial score (nSPS) is 11.3. The Morgan fingerprint density at radius 2 is 1.80 bits per heavy atom. The standard InChI is InChI=1S/C14H22O/c1-3-5-7-9-11-13-14(15)12-10-8-6-4-2/h4,6,8,10,12H,2-3,5,7,9,11,13H2,1H3. The van der Waals surface area contributed by atoms with E-state index in [4.69, 9.17) is 0 Å². The summed E-state index contributed by atoms with van der Waals surface area (Å²) in [6.45, 7) is 5.74. The van der Waals surface area contributed by atoms with Gasteiger partial charge in [-0.2, -0.15) is 0 Å². The van der Waals surface area contributed by atoms with E-state index in [9.17, 15) is 4.79 Å². The molecule has 0 aliphatic carbocycles. The molecule has 0 aliphatic rings. The quantitative estimate of drug-likeness (QED) is 0.314. The summed E-state index contributed by atoms with van der Waals surface area (Å²) in [4.78, 5) is 11.3. The molecule has 84 valence electrons. The van der Waals surface area contributed by atoms with Crippen molar-refractivity contribution in [2.45, 2.75) is 45.4 Å². The third kappa shape index (κ3) is 10.8. The van der Waals surface area contributed by atoms with Crippen LogP contribution in [0, 0.1) is 0 Å². The van der Waals surface area contributed by atoms with Crippen LogP contribution in [-0.4, -0.2) is 5.78 Å². The molecule has 0 amide bonds. The van der Waals surface area contributed by atoms with Crippen LogP contribution in [0.1, 0.15) is 45.4 Å². The predicted octanol–water partition coefficient (Wildman–Crippen LogP) is 4.21. The summed E-state index contributed by atoms with van der Waals surface area (Å²) in [6.07, 6.45) is 15.4. The summed E-state index contributed by atoms with van der Waals surface area (Å²) < 4.78 is 0. The molecule has 0 heterocycles. The van der Waals surface area contributed by atoms with Crippen LogP contribution in [0.5, 0.6) is 0 Å². The highest BCUT2D eigenvalue weighted by atomic mass is 16.1. The minimum Gasteiger partial charge on any atom is -0.295 e. The van der Waals surface area contributed by atoms with Crippen molar-refractivity contribution in [1.82, 2.24) is 0 Å². The molecule has 0 saturated heterocycles. The van der Waals surface area contributed by atoms with E-state index >= 15 is 0 Å². The molecule has 0 rings (SSSR count). The lowest BCUT2D eigenvalue weighted by molar-refractivity contribution is -0.114. The second kappa shape index (κ2) is 11.0. The molecular weight excluding hydrogens is 184 g/mol. The zero-order chi connectivity index (χ0) is 11.4. The first-order valence-corrected chi connectivity index (χ1v) is 5.80. The third-order valence-electron chi connectivity index (χ3n) is 2.17. The van der Waals surface area contributed by atoms with Crippen LogP contribution in [0.4, 0.5) is 0 Å². The van der Waals surface area contributed by atoms with Gasteiger partial charge in [-0.1, -0.05) is 63.5 Å². The van der Waals surface area contributed by atoms with Crippen molar-refractivity contribution in [2.24, 2.45) is 0 Å². The van der Waals surface area contributed by atoms with Gasteiger partial charge in [-0.15, -0.1) is 0 Å². The SMILES string of the molecule is C=CC=CC=CC(=O)CCCCCCC. The minimum absolute atomic E-state index is 0.222. The summed E-state index contributed by atoms with van der Waals surface area (Å²) in [5.41, 5.74) is 0. The van der Waals surface area contributed by atoms with E-state index in [2.05, 4.69) is 13.5 Å². The predicted molar refractivity (Wildman–Crippen MR) is 66.9 cm³/mol. The molecule has 1 nitrogen and oxygen atoms in total. The fourth-order valence-corrected chi connectivity index (χ4v) is 1.29. The molecule has 0 unspecified atom stereocenters. The molecule has 0 atom stereocenters. The lowest BCUT2D eigenvalue weighted by atomic mass is 10.1. The van der Waals surface area contributed by atoms with Gasteiger partial charge in [0.2, 0.25) is 0 Å². The van der Waals surface area contributed by atoms with Gasteiger partial charge in [0, 0.05) is 6.42 Å². The van der Waals surface area contributed by atoms with Gasteiger partial charge in [0.15, 0.2) is 5.78 Å². The van der Waals surface area contributed by atoms with Crippen LogP contribution in [0.2, 0.25) is 0 Å². The zero-order valence-corrected chi connectivity index (χ0v) is 9.74. The highest BCUT2D eigenvalue weighted by Gasteiger charge is 1.95. The topological polar surface area (TPSA) is 17.1 Å². The molecule has 0 aliphatic heterocycles. The zero-order valence-electron chi connectivity index (χ0n) is 9.74. The number of hydrogen-bond acceptors (Lipinski definition) is 1. The van der Waals surface area contributed by atoms with Gasteiger partial charge < -0.3 is 0 Å². The van der Waals surface area contributed by atoms with Crippen LogP contribution < -0.4 is 0 Å². The van der Waals surface area contributed by atoms with Crippen molar-refractivity contribution in [3.05, 3.63) is 37.0 Å². The Bertz CT molecular complexity index is 223. The van der Waals surface area contributed by atoms with E-state index in [0.29, 0.717) is 6.42 Å². The Balaban J connectivity index is 3.44. The van der Waals surface area contributed by atoms with E-state index in [1.807, 2.05) is 12.2 Å². The molecule has 0 saturated carbocycles. The number of allylic oxidation sites excluding steroid dienone is 5. The second-order valence-electron chi connectivity index (χ2n) is 3.61. The Labute approximate surface area is 93.6 Å². The largest absolute Gasteiger partial charge is 0.295 e. The Morgan fingerprint density at radius 1 is 1.07 bits per heavy atom. The fraction of sp³-hybridized carbons (Fsp3) is 0.500. The highest BCUT2D eigenvalue weighted by Crippen LogP contribution is 2.05. The number of rotatable bonds is 9. The fourth-order valence-electron chi connectivity index (χ4n) is 1.29. The monoisotopic (exact) mass is 206 g/mol. The van der Waals surface area contributed by atoms with Crippen LogP contribution in [0.15, 0.2) is 37.0 Å². The van der Waals surface area contributed by atoms with Crippen molar-refractivity contribution < 1.29 is 4.79 Å². The minimum atomic E-state index is 0.222. The average molecular weight is 206 g/mol. The maximum absolute atomic E-state index is 11.3. The molecule has 0 radical (unpaired) electrons. The smallest absolute Gasteiger partial charge is 0.155 e. The molecule has 0 aromatic rings. The molecule has 0 spiro atoms. The summed E-state index contributed by atoms with van der Waals surface area (Å²) in [7, 11) is 0. The van der Waals surface area contributed by atoms with E-state index in [-0.39, 0.29) is 5.78 Å². The average Bonchev–Trinajstić information content (AvgIpc) is 2.24. The van der Waals surface area contributed by atoms with E-state index in [1.54, 1.807) is 18.2 Å². The molecular formula is C14H22O. The molecule has 15 heavy (non-hydrogen) atoms. The van der Waals surface area contributed by atoms with Gasteiger partial charge in [0.1, 0.15) is 0 Å². The van der Waals surface area contributed by atoms with Crippen LogP contribution in [-0.2, 0) is 4.79 Å². The van der Waals surface area contributed by atoms with Crippen molar-refractivity contribution in [1.29, 1.82) is 0 Å². The number of hydrogen-bond donors (Lipinski definition) is 0. The number of carbonyl (C=O) groups is 1. The Kier molecular flexibility index (Phi) is 10.2. The van der Waals surface area contributed by atoms with Gasteiger partial charge in [0.05, 0.1) is 0 Å². The van der Waals surface area contributed by atoms with Crippen LogP contribution in [0.3, 0.4) is 0 Å². The van der Waals surface area contributed by atoms with E-state index < -0.39 is 0 Å². The van der Waals surface area contributed by atoms with Crippen LogP contribution in [0.25, 0.3) is 0 Å². The summed E-state index contributed by atoms with van der Waals surface area (Å²) in [5, 5.41) is 0. The number of ketones is 1. The van der Waals surface area contributed by atoms with Crippen molar-refractivity contribution in [3.8, 4) is 0 Å². The van der Waals surface area contributed by atoms with Crippen LogP contribution >= 0.6 is 0 Å². The molecule has 0 bridgehead atoms. The first kappa shape index (κ1) is 13.9. The summed E-state index contributed by atoms with van der Waals surface area (Å²) in [6, 6.07) is 0. The molecule has 0 N–H and O–H groups in total. The Morgan fingerprint density at radius 3 is 2.47 bits per heavy atom. The summed E-state index contributed by atoms with van der Waals surface area (Å²) >= 11 is 0. The Hall–Kier alpha value is -1.11. The lowest BCUT2D eigenvalue weighted by Crippen LogP contribution is -1.91. The first-order chi connectivity index (χ1) is 7.31. The highest BCUT2D eigenvalue weighted by molar-refractivity contribution is 5.89. The lowest BCUT2D eigenvalue weighted by Gasteiger charge is -1.96. The molecule has 1 heteroatoms. The van der Waals surface area contributed by atoms with Crippen molar-refractivity contribution >= 4 is 5.78 Å². The maximum Gasteiger partial charge on any atom is 0.155 e. The third-order valence-corrected chi connectivity index (χ3v) is 2.17. The van der Waals surface area contributed by atoms with E-state index in [1.165, 1.54) is 25.7 Å².